The van der Waals surface area contributed by atoms with Crippen LogP contribution in [0.5, 0.6) is 11.5 Å². The molecule has 3 aromatic rings. The molecule has 2 heterocycles. The molecule has 5 rings (SSSR count). The molecule has 234 valence electrons. The van der Waals surface area contributed by atoms with Gasteiger partial charge in [-0.1, -0.05) is 64.1 Å². The van der Waals surface area contributed by atoms with Gasteiger partial charge < -0.3 is 24.8 Å². The Bertz CT molecular complexity index is 1430. The van der Waals surface area contributed by atoms with Crippen molar-refractivity contribution in [3.05, 3.63) is 82.9 Å². The Morgan fingerprint density at radius 1 is 0.886 bits per heavy atom. The number of amides is 1. The van der Waals surface area contributed by atoms with Crippen LogP contribution in [0.25, 0.3) is 0 Å². The average Bonchev–Trinajstić information content (AvgIpc) is 3.65. The number of carbonyl (C=O) groups is 2. The van der Waals surface area contributed by atoms with Crippen molar-refractivity contribution < 1.29 is 24.2 Å². The Kier molecular flexibility index (Phi) is 10.1. The summed E-state index contributed by atoms with van der Waals surface area (Å²) in [5.41, 5.74) is 5.95. The third kappa shape index (κ3) is 6.55. The summed E-state index contributed by atoms with van der Waals surface area (Å²) in [6, 6.07) is 19.6. The maximum Gasteiger partial charge on any atom is 0.309 e. The molecule has 2 aliphatic rings. The zero-order chi connectivity index (χ0) is 31.2. The van der Waals surface area contributed by atoms with Gasteiger partial charge >= 0.3 is 5.97 Å². The fourth-order valence-corrected chi connectivity index (χ4v) is 6.83. The van der Waals surface area contributed by atoms with E-state index < -0.39 is 17.9 Å². The molecule has 3 aromatic carbocycles. The fourth-order valence-electron chi connectivity index (χ4n) is 6.83. The van der Waals surface area contributed by atoms with Crippen molar-refractivity contribution in [2.75, 3.05) is 43.2 Å². The standard InChI is InChI=1S/C36H45N3O5/c1-5-18-38(19-6-2)28-15-12-26(13-16-28)35-33(36(41)42)29(27-14-17-30-31(20-27)44-23-43-30)21-39(35)22-32(40)37-34-24(7-3)10-9-11-25(34)8-4/h9-17,20,29,33,35H,5-8,18-19,21-23H2,1-4H3,(H,37,40)(H,41,42)/t29-,33?,35+/m1/s1. The first-order valence-electron chi connectivity index (χ1n) is 16.0. The molecule has 0 aliphatic carbocycles. The first-order valence-corrected chi connectivity index (χ1v) is 16.0. The number of aryl methyl sites for hydroxylation is 2. The van der Waals surface area contributed by atoms with Gasteiger partial charge in [0.25, 0.3) is 0 Å². The van der Waals surface area contributed by atoms with Crippen LogP contribution in [-0.4, -0.2) is 54.9 Å². The Morgan fingerprint density at radius 3 is 2.14 bits per heavy atom. The van der Waals surface area contributed by atoms with E-state index in [0.717, 1.165) is 72.4 Å². The lowest BCUT2D eigenvalue weighted by Crippen LogP contribution is -2.35. The summed E-state index contributed by atoms with van der Waals surface area (Å²) in [6.07, 6.45) is 3.71. The van der Waals surface area contributed by atoms with Gasteiger partial charge in [0.15, 0.2) is 11.5 Å². The minimum absolute atomic E-state index is 0.0796. The summed E-state index contributed by atoms with van der Waals surface area (Å²) in [7, 11) is 0. The van der Waals surface area contributed by atoms with Crippen LogP contribution in [0.4, 0.5) is 11.4 Å². The summed E-state index contributed by atoms with van der Waals surface area (Å²) < 4.78 is 11.1. The molecule has 1 saturated heterocycles. The van der Waals surface area contributed by atoms with Crippen molar-refractivity contribution in [1.29, 1.82) is 0 Å². The number of nitrogens with one attached hydrogen (secondary N) is 1. The summed E-state index contributed by atoms with van der Waals surface area (Å²) in [6.45, 7) is 11.1. The van der Waals surface area contributed by atoms with Crippen LogP contribution < -0.4 is 19.7 Å². The number of hydrogen-bond donors (Lipinski definition) is 2. The number of anilines is 2. The van der Waals surface area contributed by atoms with E-state index in [1.54, 1.807) is 0 Å². The highest BCUT2D eigenvalue weighted by Gasteiger charge is 2.48. The van der Waals surface area contributed by atoms with E-state index in [0.29, 0.717) is 18.0 Å². The SMILES string of the molecule is CCCN(CCC)c1ccc([C@H]2C(C(=O)O)[C@@H](c3ccc4c(c3)OCO4)CN2CC(=O)Nc2c(CC)cccc2CC)cc1. The number of aliphatic carboxylic acids is 1. The van der Waals surface area contributed by atoms with E-state index in [1.807, 2.05) is 53.4 Å². The molecule has 3 atom stereocenters. The van der Waals surface area contributed by atoms with Crippen LogP contribution in [-0.2, 0) is 22.4 Å². The molecule has 8 nitrogen and oxygen atoms in total. The number of carbonyl (C=O) groups excluding carboxylic acids is 1. The number of fused-ring (bicyclic) bond motifs is 1. The topological polar surface area (TPSA) is 91.3 Å². The summed E-state index contributed by atoms with van der Waals surface area (Å²) in [5, 5.41) is 13.9. The molecule has 2 N–H and O–H groups in total. The Labute approximate surface area is 261 Å². The second-order valence-electron chi connectivity index (χ2n) is 11.7. The molecule has 0 bridgehead atoms. The summed E-state index contributed by atoms with van der Waals surface area (Å²) in [4.78, 5) is 31.1. The smallest absolute Gasteiger partial charge is 0.309 e. The first kappa shape index (κ1) is 31.4. The number of para-hydroxylation sites is 1. The largest absolute Gasteiger partial charge is 0.481 e. The minimum Gasteiger partial charge on any atom is -0.481 e. The van der Waals surface area contributed by atoms with Crippen molar-refractivity contribution in [3.8, 4) is 11.5 Å². The predicted octanol–water partition coefficient (Wildman–Crippen LogP) is 6.65. The van der Waals surface area contributed by atoms with Gasteiger partial charge in [0.2, 0.25) is 12.7 Å². The van der Waals surface area contributed by atoms with Crippen LogP contribution in [0, 0.1) is 5.92 Å². The van der Waals surface area contributed by atoms with Crippen LogP contribution in [0.3, 0.4) is 0 Å². The van der Waals surface area contributed by atoms with Gasteiger partial charge in [-0.25, -0.2) is 0 Å². The number of carboxylic acid groups (broad SMARTS) is 1. The van der Waals surface area contributed by atoms with Gasteiger partial charge in [0, 0.05) is 43.0 Å². The van der Waals surface area contributed by atoms with E-state index in [2.05, 4.69) is 50.0 Å². The van der Waals surface area contributed by atoms with E-state index in [-0.39, 0.29) is 25.2 Å². The maximum absolute atomic E-state index is 13.7. The molecular weight excluding hydrogens is 554 g/mol. The summed E-state index contributed by atoms with van der Waals surface area (Å²) in [5.74, 6) is -0.843. The molecule has 8 heteroatoms. The van der Waals surface area contributed by atoms with Crippen LogP contribution >= 0.6 is 0 Å². The molecule has 1 unspecified atom stereocenters. The highest BCUT2D eigenvalue weighted by Crippen LogP contribution is 2.48. The van der Waals surface area contributed by atoms with E-state index in [4.69, 9.17) is 9.47 Å². The molecule has 0 saturated carbocycles. The number of hydrogen-bond acceptors (Lipinski definition) is 6. The third-order valence-corrected chi connectivity index (χ3v) is 8.90. The van der Waals surface area contributed by atoms with E-state index in [9.17, 15) is 14.7 Å². The lowest BCUT2D eigenvalue weighted by molar-refractivity contribution is -0.143. The van der Waals surface area contributed by atoms with E-state index >= 15 is 0 Å². The van der Waals surface area contributed by atoms with Crippen molar-refractivity contribution in [2.24, 2.45) is 5.92 Å². The minimum atomic E-state index is -0.882. The monoisotopic (exact) mass is 599 g/mol. The lowest BCUT2D eigenvalue weighted by atomic mass is 9.82. The zero-order valence-electron chi connectivity index (χ0n) is 26.3. The lowest BCUT2D eigenvalue weighted by Gasteiger charge is -2.28. The third-order valence-electron chi connectivity index (χ3n) is 8.90. The second kappa shape index (κ2) is 14.2. The quantitative estimate of drug-likeness (QED) is 0.227. The van der Waals surface area contributed by atoms with Gasteiger partial charge in [-0.05, 0) is 72.2 Å². The molecule has 2 aliphatic heterocycles. The Hall–Kier alpha value is -4.04. The Balaban J connectivity index is 1.49. The molecule has 44 heavy (non-hydrogen) atoms. The number of carboxylic acids is 1. The van der Waals surface area contributed by atoms with Crippen LogP contribution in [0.2, 0.25) is 0 Å². The summed E-state index contributed by atoms with van der Waals surface area (Å²) >= 11 is 0. The fraction of sp³-hybridized carbons (Fsp3) is 0.444. The zero-order valence-corrected chi connectivity index (χ0v) is 26.3. The highest BCUT2D eigenvalue weighted by molar-refractivity contribution is 5.94. The molecule has 1 amide bonds. The van der Waals surface area contributed by atoms with Crippen molar-refractivity contribution >= 4 is 23.3 Å². The van der Waals surface area contributed by atoms with Crippen molar-refractivity contribution in [1.82, 2.24) is 4.90 Å². The van der Waals surface area contributed by atoms with E-state index in [1.165, 1.54) is 0 Å². The van der Waals surface area contributed by atoms with Crippen molar-refractivity contribution in [2.45, 2.75) is 65.3 Å². The number of nitrogens with zero attached hydrogens (tertiary/aromatic N) is 2. The first-order chi connectivity index (χ1) is 21.4. The number of rotatable bonds is 13. The van der Waals surface area contributed by atoms with Gasteiger partial charge in [-0.15, -0.1) is 0 Å². The molecule has 0 spiro atoms. The molecule has 0 radical (unpaired) electrons. The average molecular weight is 600 g/mol. The number of benzene rings is 3. The Morgan fingerprint density at radius 2 is 1.52 bits per heavy atom. The van der Waals surface area contributed by atoms with Crippen LogP contribution in [0.1, 0.15) is 74.8 Å². The normalized spacial score (nSPS) is 19.2. The van der Waals surface area contributed by atoms with Gasteiger partial charge in [-0.3, -0.25) is 14.5 Å². The van der Waals surface area contributed by atoms with Gasteiger partial charge in [-0.2, -0.15) is 0 Å². The maximum atomic E-state index is 13.7. The van der Waals surface area contributed by atoms with Crippen molar-refractivity contribution in [3.63, 3.8) is 0 Å². The second-order valence-corrected chi connectivity index (χ2v) is 11.7. The van der Waals surface area contributed by atoms with Crippen LogP contribution in [0.15, 0.2) is 60.7 Å². The van der Waals surface area contributed by atoms with Gasteiger partial charge in [0.05, 0.1) is 12.5 Å². The molecular formula is C36H45N3O5. The predicted molar refractivity (Wildman–Crippen MR) is 174 cm³/mol. The molecule has 0 aromatic heterocycles. The highest BCUT2D eigenvalue weighted by atomic mass is 16.7. The number of likely N-dealkylation sites (tertiary alicyclic amines) is 1. The number of ether oxygens (including phenoxy) is 2. The molecule has 1 fully saturated rings. The van der Waals surface area contributed by atoms with Gasteiger partial charge in [0.1, 0.15) is 0 Å².